The van der Waals surface area contributed by atoms with Crippen LogP contribution in [0.25, 0.3) is 0 Å². The zero-order chi connectivity index (χ0) is 11.5. The van der Waals surface area contributed by atoms with Crippen LogP contribution in [0.5, 0.6) is 0 Å². The molecule has 0 heterocycles. The molecule has 0 radical (unpaired) electrons. The van der Waals surface area contributed by atoms with Gasteiger partial charge in [-0.25, -0.2) is 0 Å². The summed E-state index contributed by atoms with van der Waals surface area (Å²) in [6.45, 7) is 1.54. The van der Waals surface area contributed by atoms with Crippen LogP contribution in [0.3, 0.4) is 0 Å². The maximum absolute atomic E-state index is 12.3. The van der Waals surface area contributed by atoms with Crippen molar-refractivity contribution < 1.29 is 18.4 Å². The Morgan fingerprint density at radius 1 is 1.40 bits per heavy atom. The molecule has 0 saturated heterocycles. The maximum Gasteiger partial charge on any atom is 0.416 e. The summed E-state index contributed by atoms with van der Waals surface area (Å²) in [5.74, 6) is 0. The summed E-state index contributed by atoms with van der Waals surface area (Å²) in [6.07, 6.45) is -4.12. The first-order valence-corrected chi connectivity index (χ1v) is 4.27. The van der Waals surface area contributed by atoms with E-state index in [4.69, 9.17) is 5.21 Å². The lowest BCUT2D eigenvalue weighted by molar-refractivity contribution is -0.137. The topological polar surface area (TPSA) is 32.6 Å². The van der Waals surface area contributed by atoms with E-state index < -0.39 is 11.7 Å². The average Bonchev–Trinajstić information content (AvgIpc) is 2.17. The maximum atomic E-state index is 12.3. The lowest BCUT2D eigenvalue weighted by atomic mass is 10.1. The molecule has 0 fully saturated rings. The molecule has 5 heteroatoms. The van der Waals surface area contributed by atoms with Crippen molar-refractivity contribution in [3.05, 3.63) is 35.4 Å². The zero-order valence-electron chi connectivity index (χ0n) is 8.04. The molecule has 0 aliphatic carbocycles. The zero-order valence-corrected chi connectivity index (χ0v) is 8.04. The highest BCUT2D eigenvalue weighted by Gasteiger charge is 2.30. The van der Waals surface area contributed by atoms with Gasteiger partial charge in [-0.3, -0.25) is 0 Å². The van der Waals surface area contributed by atoms with Gasteiger partial charge in [-0.1, -0.05) is 23.4 Å². The molecule has 0 aromatic heterocycles. The lowest BCUT2D eigenvalue weighted by Crippen LogP contribution is -2.06. The van der Waals surface area contributed by atoms with E-state index in [1.54, 1.807) is 13.0 Å². The van der Waals surface area contributed by atoms with Crippen molar-refractivity contribution in [3.63, 3.8) is 0 Å². The van der Waals surface area contributed by atoms with Crippen LogP contribution in [0.4, 0.5) is 13.2 Å². The summed E-state index contributed by atoms with van der Waals surface area (Å²) in [6, 6.07) is 4.95. The van der Waals surface area contributed by atoms with E-state index in [1.807, 2.05) is 0 Å². The first kappa shape index (κ1) is 11.6. The summed E-state index contributed by atoms with van der Waals surface area (Å²) in [5.41, 5.74) is 0.153. The molecule has 0 aliphatic rings. The minimum absolute atomic E-state index is 0.209. The fraction of sp³-hybridized carbons (Fsp3) is 0.300. The summed E-state index contributed by atoms with van der Waals surface area (Å²) >= 11 is 0. The van der Waals surface area contributed by atoms with Crippen molar-refractivity contribution in [2.24, 2.45) is 5.16 Å². The number of hydrogen-bond donors (Lipinski definition) is 1. The van der Waals surface area contributed by atoms with Gasteiger partial charge < -0.3 is 5.21 Å². The second kappa shape index (κ2) is 4.33. The number of benzene rings is 1. The predicted octanol–water partition coefficient (Wildman–Crippen LogP) is 3.10. The summed E-state index contributed by atoms with van der Waals surface area (Å²) in [5, 5.41) is 11.3. The highest BCUT2D eigenvalue weighted by atomic mass is 19.4. The molecular weight excluding hydrogens is 207 g/mol. The Kier molecular flexibility index (Phi) is 3.34. The summed E-state index contributed by atoms with van der Waals surface area (Å²) in [4.78, 5) is 0. The van der Waals surface area contributed by atoms with Gasteiger partial charge in [-0.15, -0.1) is 0 Å². The molecule has 0 spiro atoms. The molecule has 0 saturated carbocycles. The fourth-order valence-electron chi connectivity index (χ4n) is 1.19. The Bertz CT molecular complexity index is 371. The van der Waals surface area contributed by atoms with E-state index in [0.717, 1.165) is 12.1 Å². The number of nitrogens with zero attached hydrogens (tertiary/aromatic N) is 1. The molecule has 0 bridgehead atoms. The van der Waals surface area contributed by atoms with Crippen molar-refractivity contribution in [2.75, 3.05) is 0 Å². The molecule has 1 N–H and O–H groups in total. The van der Waals surface area contributed by atoms with Gasteiger partial charge in [0.2, 0.25) is 0 Å². The minimum atomic E-state index is -4.33. The second-order valence-electron chi connectivity index (χ2n) is 3.21. The van der Waals surface area contributed by atoms with E-state index in [2.05, 4.69) is 5.16 Å². The van der Waals surface area contributed by atoms with Crippen LogP contribution in [-0.4, -0.2) is 10.9 Å². The van der Waals surface area contributed by atoms with Gasteiger partial charge in [-0.05, 0) is 18.6 Å². The van der Waals surface area contributed by atoms with Crippen LogP contribution in [-0.2, 0) is 12.6 Å². The van der Waals surface area contributed by atoms with Gasteiger partial charge in [0, 0.05) is 6.42 Å². The van der Waals surface area contributed by atoms with Gasteiger partial charge in [-0.2, -0.15) is 13.2 Å². The molecule has 0 amide bonds. The van der Waals surface area contributed by atoms with Crippen molar-refractivity contribution >= 4 is 5.71 Å². The quantitative estimate of drug-likeness (QED) is 0.461. The van der Waals surface area contributed by atoms with Crippen LogP contribution in [0.15, 0.2) is 29.4 Å². The second-order valence-corrected chi connectivity index (χ2v) is 3.21. The third-order valence-corrected chi connectivity index (χ3v) is 1.88. The number of halogens is 3. The van der Waals surface area contributed by atoms with Crippen molar-refractivity contribution in [2.45, 2.75) is 19.5 Å². The predicted molar refractivity (Wildman–Crippen MR) is 50.0 cm³/mol. The lowest BCUT2D eigenvalue weighted by Gasteiger charge is -2.08. The standard InChI is InChI=1S/C10H10F3NO/c1-7(14-15)5-8-3-2-4-9(6-8)10(11,12)13/h2-4,6,15H,5H2,1H3/b14-7+. The Morgan fingerprint density at radius 3 is 2.60 bits per heavy atom. The molecule has 1 aromatic rings. The Morgan fingerprint density at radius 2 is 2.07 bits per heavy atom. The van der Waals surface area contributed by atoms with Gasteiger partial charge in [0.25, 0.3) is 0 Å². The molecule has 0 aliphatic heterocycles. The normalized spacial score (nSPS) is 12.9. The third-order valence-electron chi connectivity index (χ3n) is 1.88. The monoisotopic (exact) mass is 217 g/mol. The molecule has 0 unspecified atom stereocenters. The number of hydrogen-bond acceptors (Lipinski definition) is 2. The van der Waals surface area contributed by atoms with Gasteiger partial charge >= 0.3 is 6.18 Å². The summed E-state index contributed by atoms with van der Waals surface area (Å²) < 4.78 is 36.9. The summed E-state index contributed by atoms with van der Waals surface area (Å²) in [7, 11) is 0. The molecule has 15 heavy (non-hydrogen) atoms. The van der Waals surface area contributed by atoms with Gasteiger partial charge in [0.1, 0.15) is 0 Å². The van der Waals surface area contributed by atoms with Crippen LogP contribution in [0.2, 0.25) is 0 Å². The van der Waals surface area contributed by atoms with E-state index in [9.17, 15) is 13.2 Å². The number of alkyl halides is 3. The van der Waals surface area contributed by atoms with E-state index >= 15 is 0 Å². The third kappa shape index (κ3) is 3.27. The van der Waals surface area contributed by atoms with Crippen molar-refractivity contribution in [1.29, 1.82) is 0 Å². The Balaban J connectivity index is 2.93. The van der Waals surface area contributed by atoms with Crippen LogP contribution in [0.1, 0.15) is 18.1 Å². The van der Waals surface area contributed by atoms with E-state index in [1.165, 1.54) is 6.07 Å². The molecule has 82 valence electrons. The smallest absolute Gasteiger partial charge is 0.411 e. The fourth-order valence-corrected chi connectivity index (χ4v) is 1.19. The van der Waals surface area contributed by atoms with Crippen LogP contribution in [0, 0.1) is 0 Å². The molecule has 2 nitrogen and oxygen atoms in total. The van der Waals surface area contributed by atoms with Crippen molar-refractivity contribution in [3.8, 4) is 0 Å². The van der Waals surface area contributed by atoms with E-state index in [0.29, 0.717) is 11.3 Å². The molecule has 0 atom stereocenters. The average molecular weight is 217 g/mol. The molecular formula is C10H10F3NO. The van der Waals surface area contributed by atoms with E-state index in [-0.39, 0.29) is 6.42 Å². The highest BCUT2D eigenvalue weighted by molar-refractivity contribution is 5.83. The van der Waals surface area contributed by atoms with Crippen molar-refractivity contribution in [1.82, 2.24) is 0 Å². The van der Waals surface area contributed by atoms with Gasteiger partial charge in [0.05, 0.1) is 11.3 Å². The first-order valence-electron chi connectivity index (χ1n) is 4.27. The molecule has 1 aromatic carbocycles. The number of rotatable bonds is 2. The molecule has 1 rings (SSSR count). The highest BCUT2D eigenvalue weighted by Crippen LogP contribution is 2.29. The minimum Gasteiger partial charge on any atom is -0.411 e. The Hall–Kier alpha value is -1.52. The SMILES string of the molecule is C/C(Cc1cccc(C(F)(F)F)c1)=N\O. The first-order chi connectivity index (χ1) is 6.93. The van der Waals surface area contributed by atoms with Gasteiger partial charge in [0.15, 0.2) is 0 Å². The van der Waals surface area contributed by atoms with Crippen LogP contribution < -0.4 is 0 Å². The Labute approximate surface area is 85.0 Å². The number of oxime groups is 1. The largest absolute Gasteiger partial charge is 0.416 e. The van der Waals surface area contributed by atoms with Crippen LogP contribution >= 0.6 is 0 Å².